The second kappa shape index (κ2) is 3.77. The second-order valence-corrected chi connectivity index (χ2v) is 5.71. The van der Waals surface area contributed by atoms with Gasteiger partial charge in [0.1, 0.15) is 0 Å². The molecule has 0 atom stereocenters. The molecule has 0 bridgehead atoms. The third-order valence-electron chi connectivity index (χ3n) is 1.54. The Morgan fingerprint density at radius 2 is 2.31 bits per heavy atom. The number of nitrogens with zero attached hydrogens (tertiary/aromatic N) is 1. The van der Waals surface area contributed by atoms with Crippen LogP contribution in [0, 0.1) is 0 Å². The highest BCUT2D eigenvalue weighted by Crippen LogP contribution is 2.32. The highest BCUT2D eigenvalue weighted by Gasteiger charge is 2.05. The van der Waals surface area contributed by atoms with Crippen LogP contribution in [-0.2, 0) is 0 Å². The fraction of sp³-hybridized carbons (Fsp3) is 0.125. The topological polar surface area (TPSA) is 24.9 Å². The Morgan fingerprint density at radius 3 is 2.85 bits per heavy atom. The summed E-state index contributed by atoms with van der Waals surface area (Å²) in [4.78, 5) is 5.61. The van der Waals surface area contributed by atoms with Gasteiger partial charge in [-0.25, -0.2) is 4.98 Å². The summed E-state index contributed by atoms with van der Waals surface area (Å²) in [6, 6.07) is 4.11. The molecule has 5 heteroatoms. The summed E-state index contributed by atoms with van der Waals surface area (Å²) in [5.74, 6) is 0. The summed E-state index contributed by atoms with van der Waals surface area (Å²) >= 11 is 6.75. The van der Waals surface area contributed by atoms with Crippen LogP contribution in [0.1, 0.15) is 0 Å². The second-order valence-electron chi connectivity index (χ2n) is 2.39. The van der Waals surface area contributed by atoms with E-state index in [1.165, 1.54) is 4.88 Å². The highest BCUT2D eigenvalue weighted by molar-refractivity contribution is 9.11. The monoisotopic (exact) mass is 274 g/mol. The van der Waals surface area contributed by atoms with Crippen molar-refractivity contribution in [1.82, 2.24) is 4.98 Å². The minimum Gasteiger partial charge on any atom is -0.365 e. The first kappa shape index (κ1) is 9.18. The van der Waals surface area contributed by atoms with E-state index in [4.69, 9.17) is 0 Å². The maximum absolute atomic E-state index is 4.41. The molecule has 2 rings (SSSR count). The molecule has 2 aromatic rings. The van der Waals surface area contributed by atoms with Gasteiger partial charge in [0.15, 0.2) is 5.13 Å². The van der Waals surface area contributed by atoms with Crippen LogP contribution >= 0.6 is 38.6 Å². The Balaban J connectivity index is 2.35. The Kier molecular flexibility index (Phi) is 2.66. The van der Waals surface area contributed by atoms with E-state index in [0.717, 1.165) is 14.6 Å². The van der Waals surface area contributed by atoms with Crippen LogP contribution in [0.3, 0.4) is 0 Å². The van der Waals surface area contributed by atoms with E-state index in [9.17, 15) is 0 Å². The predicted molar refractivity (Wildman–Crippen MR) is 62.7 cm³/mol. The van der Waals surface area contributed by atoms with Crippen LogP contribution in [0.5, 0.6) is 0 Å². The van der Waals surface area contributed by atoms with Crippen molar-refractivity contribution in [3.8, 4) is 10.6 Å². The van der Waals surface area contributed by atoms with Crippen molar-refractivity contribution < 1.29 is 0 Å². The van der Waals surface area contributed by atoms with Gasteiger partial charge in [0, 0.05) is 12.4 Å². The average molecular weight is 275 g/mol. The molecular formula is C8H7BrN2S2. The van der Waals surface area contributed by atoms with E-state index in [1.54, 1.807) is 22.7 Å². The van der Waals surface area contributed by atoms with Gasteiger partial charge in [-0.3, -0.25) is 0 Å². The minimum absolute atomic E-state index is 0.958. The van der Waals surface area contributed by atoms with Crippen molar-refractivity contribution in [2.24, 2.45) is 0 Å². The zero-order valence-corrected chi connectivity index (χ0v) is 10.1. The molecule has 0 aliphatic heterocycles. The summed E-state index contributed by atoms with van der Waals surface area (Å²) in [6.07, 6.45) is 0. The standard InChI is InChI=1S/C8H7BrN2S2/c1-10-8-11-5(4-12-8)6-2-3-7(9)13-6/h2-4H,1H3,(H,10,11). The van der Waals surface area contributed by atoms with Crippen LogP contribution in [0.2, 0.25) is 0 Å². The molecule has 0 saturated heterocycles. The quantitative estimate of drug-likeness (QED) is 0.904. The molecule has 0 spiro atoms. The SMILES string of the molecule is CNc1nc(-c2ccc(Br)s2)cs1. The lowest BCUT2D eigenvalue weighted by Gasteiger charge is -1.89. The van der Waals surface area contributed by atoms with Gasteiger partial charge in [0.05, 0.1) is 14.4 Å². The summed E-state index contributed by atoms with van der Waals surface area (Å²) < 4.78 is 1.14. The smallest absolute Gasteiger partial charge is 0.182 e. The lowest BCUT2D eigenvalue weighted by molar-refractivity contribution is 1.37. The number of anilines is 1. The van der Waals surface area contributed by atoms with E-state index < -0.39 is 0 Å². The van der Waals surface area contributed by atoms with E-state index in [1.807, 2.05) is 13.1 Å². The van der Waals surface area contributed by atoms with Crippen molar-refractivity contribution in [2.75, 3.05) is 12.4 Å². The number of hydrogen-bond acceptors (Lipinski definition) is 4. The third kappa shape index (κ3) is 1.92. The lowest BCUT2D eigenvalue weighted by Crippen LogP contribution is -1.84. The van der Waals surface area contributed by atoms with Crippen molar-refractivity contribution in [3.05, 3.63) is 21.3 Å². The molecule has 2 aromatic heterocycles. The molecule has 2 heterocycles. The largest absolute Gasteiger partial charge is 0.365 e. The van der Waals surface area contributed by atoms with E-state index in [0.29, 0.717) is 0 Å². The number of thiophene rings is 1. The molecule has 0 fully saturated rings. The molecule has 2 nitrogen and oxygen atoms in total. The maximum Gasteiger partial charge on any atom is 0.182 e. The van der Waals surface area contributed by atoms with Gasteiger partial charge in [0.2, 0.25) is 0 Å². The van der Waals surface area contributed by atoms with E-state index in [2.05, 4.69) is 37.7 Å². The fourth-order valence-electron chi connectivity index (χ4n) is 0.954. The van der Waals surface area contributed by atoms with Crippen molar-refractivity contribution >= 4 is 43.7 Å². The summed E-state index contributed by atoms with van der Waals surface area (Å²) in [6.45, 7) is 0. The van der Waals surface area contributed by atoms with Gasteiger partial charge in [-0.05, 0) is 28.1 Å². The Bertz CT molecular complexity index is 408. The van der Waals surface area contributed by atoms with Gasteiger partial charge in [0.25, 0.3) is 0 Å². The van der Waals surface area contributed by atoms with Crippen LogP contribution in [0.15, 0.2) is 21.3 Å². The molecule has 0 aliphatic carbocycles. The fourth-order valence-corrected chi connectivity index (χ4v) is 3.05. The molecule has 0 aliphatic rings. The van der Waals surface area contributed by atoms with Crippen LogP contribution in [-0.4, -0.2) is 12.0 Å². The zero-order valence-electron chi connectivity index (χ0n) is 6.87. The van der Waals surface area contributed by atoms with Gasteiger partial charge in [-0.1, -0.05) is 0 Å². The minimum atomic E-state index is 0.958. The number of aromatic nitrogens is 1. The van der Waals surface area contributed by atoms with Crippen molar-refractivity contribution in [3.63, 3.8) is 0 Å². The number of halogens is 1. The summed E-state index contributed by atoms with van der Waals surface area (Å²) in [7, 11) is 1.88. The first-order valence-electron chi connectivity index (χ1n) is 3.68. The van der Waals surface area contributed by atoms with Gasteiger partial charge in [-0.2, -0.15) is 0 Å². The Labute approximate surface area is 92.8 Å². The number of thiazole rings is 1. The summed E-state index contributed by atoms with van der Waals surface area (Å²) in [5, 5.41) is 6.04. The highest BCUT2D eigenvalue weighted by atomic mass is 79.9. The number of rotatable bonds is 2. The molecule has 13 heavy (non-hydrogen) atoms. The van der Waals surface area contributed by atoms with Gasteiger partial charge in [-0.15, -0.1) is 22.7 Å². The normalized spacial score (nSPS) is 10.3. The average Bonchev–Trinajstić information content (AvgIpc) is 2.71. The first-order valence-corrected chi connectivity index (χ1v) is 6.17. The molecule has 0 aromatic carbocycles. The Morgan fingerprint density at radius 1 is 1.46 bits per heavy atom. The third-order valence-corrected chi connectivity index (χ3v) is 4.05. The maximum atomic E-state index is 4.41. The van der Waals surface area contributed by atoms with Crippen LogP contribution in [0.25, 0.3) is 10.6 Å². The lowest BCUT2D eigenvalue weighted by atomic mass is 10.4. The molecule has 68 valence electrons. The van der Waals surface area contributed by atoms with Crippen molar-refractivity contribution in [2.45, 2.75) is 0 Å². The molecule has 1 N–H and O–H groups in total. The first-order chi connectivity index (χ1) is 6.29. The van der Waals surface area contributed by atoms with Crippen LogP contribution in [0.4, 0.5) is 5.13 Å². The molecule has 0 saturated carbocycles. The Hall–Kier alpha value is -0.390. The molecule has 0 radical (unpaired) electrons. The predicted octanol–water partition coefficient (Wildman–Crippen LogP) is 3.68. The van der Waals surface area contributed by atoms with Crippen LogP contribution < -0.4 is 5.32 Å². The van der Waals surface area contributed by atoms with E-state index >= 15 is 0 Å². The molecule has 0 unspecified atom stereocenters. The molecular weight excluding hydrogens is 268 g/mol. The van der Waals surface area contributed by atoms with Crippen molar-refractivity contribution in [1.29, 1.82) is 0 Å². The summed E-state index contributed by atoms with van der Waals surface area (Å²) in [5.41, 5.74) is 1.05. The van der Waals surface area contributed by atoms with E-state index in [-0.39, 0.29) is 0 Å². The zero-order chi connectivity index (χ0) is 9.26. The number of hydrogen-bond donors (Lipinski definition) is 1. The molecule has 0 amide bonds. The van der Waals surface area contributed by atoms with Gasteiger partial charge >= 0.3 is 0 Å². The van der Waals surface area contributed by atoms with Gasteiger partial charge < -0.3 is 5.32 Å². The number of nitrogens with one attached hydrogen (secondary N) is 1.